The fourth-order valence-corrected chi connectivity index (χ4v) is 0.652. The van der Waals surface area contributed by atoms with Crippen molar-refractivity contribution in [3.05, 3.63) is 18.1 Å². The maximum atomic E-state index is 10.3. The molecule has 0 bridgehead atoms. The smallest absolute Gasteiger partial charge is 0.317 e. The predicted molar refractivity (Wildman–Crippen MR) is 40.0 cm³/mol. The van der Waals surface area contributed by atoms with Crippen LogP contribution in [0.15, 0.2) is 12.3 Å². The number of rotatable bonds is 1. The molecule has 0 fully saturated rings. The first-order valence-corrected chi connectivity index (χ1v) is 3.04. The number of amides is 2. The summed E-state index contributed by atoms with van der Waals surface area (Å²) in [5.41, 5.74) is 4.86. The van der Waals surface area contributed by atoms with Crippen LogP contribution >= 0.6 is 0 Å². The van der Waals surface area contributed by atoms with Gasteiger partial charge in [-0.15, -0.1) is 0 Å². The first kappa shape index (κ1) is 7.46. The minimum Gasteiger partial charge on any atom is -0.351 e. The Bertz CT molecular complexity index is 273. The maximum Gasteiger partial charge on any atom is 0.317 e. The number of nitrogens with one attached hydrogen (secondary N) is 1. The molecule has 0 unspecified atom stereocenters. The van der Waals surface area contributed by atoms with Crippen LogP contribution in [0.4, 0.5) is 10.6 Å². The first-order valence-electron chi connectivity index (χ1n) is 3.04. The Morgan fingerprint density at radius 3 is 3.00 bits per heavy atom. The lowest BCUT2D eigenvalue weighted by molar-refractivity contribution is 0.259. The summed E-state index contributed by atoms with van der Waals surface area (Å²) in [6.45, 7) is 1.73. The number of nitrogens with zero attached hydrogens (tertiary/aromatic N) is 2. The average molecular weight is 152 g/mol. The topological polar surface area (TPSA) is 80.9 Å². The number of urea groups is 1. The number of aryl methyl sites for hydroxylation is 1. The van der Waals surface area contributed by atoms with Crippen molar-refractivity contribution in [3.8, 4) is 0 Å². The molecule has 0 atom stereocenters. The van der Waals surface area contributed by atoms with Crippen LogP contribution in [0.25, 0.3) is 0 Å². The molecule has 3 N–H and O–H groups in total. The molecule has 0 saturated heterocycles. The molecule has 0 aliphatic carbocycles. The Morgan fingerprint density at radius 1 is 1.73 bits per heavy atom. The van der Waals surface area contributed by atoms with Gasteiger partial charge in [-0.1, -0.05) is 0 Å². The number of nitrogens with two attached hydrogens (primary N) is 1. The molecule has 5 heteroatoms. The molecule has 58 valence electrons. The lowest BCUT2D eigenvalue weighted by Crippen LogP contribution is -2.20. The van der Waals surface area contributed by atoms with Gasteiger partial charge in [0.15, 0.2) is 0 Å². The molecule has 1 rings (SSSR count). The van der Waals surface area contributed by atoms with E-state index in [1.807, 2.05) is 0 Å². The van der Waals surface area contributed by atoms with Gasteiger partial charge in [-0.3, -0.25) is 5.32 Å². The van der Waals surface area contributed by atoms with E-state index >= 15 is 0 Å². The van der Waals surface area contributed by atoms with Gasteiger partial charge in [0.25, 0.3) is 0 Å². The van der Waals surface area contributed by atoms with E-state index in [4.69, 9.17) is 5.73 Å². The van der Waals surface area contributed by atoms with Crippen LogP contribution in [-0.2, 0) is 0 Å². The molecule has 2 amide bonds. The van der Waals surface area contributed by atoms with E-state index in [-0.39, 0.29) is 0 Å². The van der Waals surface area contributed by atoms with Gasteiger partial charge in [-0.25, -0.2) is 14.8 Å². The van der Waals surface area contributed by atoms with Crippen molar-refractivity contribution < 1.29 is 4.79 Å². The molecule has 1 aromatic heterocycles. The average Bonchev–Trinajstić information content (AvgIpc) is 1.85. The van der Waals surface area contributed by atoms with Crippen LogP contribution in [0.2, 0.25) is 0 Å². The Balaban J connectivity index is 2.79. The largest absolute Gasteiger partial charge is 0.351 e. The van der Waals surface area contributed by atoms with Crippen molar-refractivity contribution >= 4 is 11.8 Å². The van der Waals surface area contributed by atoms with Gasteiger partial charge in [0.05, 0.1) is 0 Å². The molecular formula is C6H8N4O. The maximum absolute atomic E-state index is 10.3. The molecule has 0 radical (unpaired) electrons. The lowest BCUT2D eigenvalue weighted by atomic mass is 10.5. The number of primary amides is 1. The van der Waals surface area contributed by atoms with E-state index in [9.17, 15) is 4.79 Å². The van der Waals surface area contributed by atoms with Crippen molar-refractivity contribution in [2.75, 3.05) is 5.32 Å². The van der Waals surface area contributed by atoms with Crippen LogP contribution in [-0.4, -0.2) is 16.0 Å². The van der Waals surface area contributed by atoms with Gasteiger partial charge in [0, 0.05) is 6.20 Å². The zero-order valence-electron chi connectivity index (χ0n) is 6.03. The third-order valence-corrected chi connectivity index (χ3v) is 1.03. The van der Waals surface area contributed by atoms with Crippen LogP contribution < -0.4 is 11.1 Å². The molecule has 0 spiro atoms. The third-order valence-electron chi connectivity index (χ3n) is 1.03. The number of carbonyl (C=O) groups is 1. The highest BCUT2D eigenvalue weighted by atomic mass is 16.2. The van der Waals surface area contributed by atoms with E-state index in [2.05, 4.69) is 15.3 Å². The van der Waals surface area contributed by atoms with Crippen molar-refractivity contribution in [2.24, 2.45) is 5.73 Å². The monoisotopic (exact) mass is 152 g/mol. The number of hydrogen-bond acceptors (Lipinski definition) is 3. The van der Waals surface area contributed by atoms with E-state index in [1.54, 1.807) is 19.2 Å². The molecular weight excluding hydrogens is 144 g/mol. The molecule has 0 aliphatic rings. The minimum absolute atomic E-state index is 0.421. The summed E-state index contributed by atoms with van der Waals surface area (Å²) in [5, 5.41) is 2.33. The number of carbonyl (C=O) groups excluding carboxylic acids is 1. The second kappa shape index (κ2) is 2.96. The molecule has 11 heavy (non-hydrogen) atoms. The van der Waals surface area contributed by atoms with Crippen LogP contribution in [0, 0.1) is 6.92 Å². The van der Waals surface area contributed by atoms with Gasteiger partial charge >= 0.3 is 6.03 Å². The van der Waals surface area contributed by atoms with Crippen molar-refractivity contribution in [1.82, 2.24) is 9.97 Å². The van der Waals surface area contributed by atoms with Gasteiger partial charge < -0.3 is 5.73 Å². The van der Waals surface area contributed by atoms with E-state index in [0.717, 1.165) is 0 Å². The first-order chi connectivity index (χ1) is 5.18. The Kier molecular flexibility index (Phi) is 2.00. The second-order valence-electron chi connectivity index (χ2n) is 1.98. The standard InChI is InChI=1S/C6H8N4O/c1-4-8-3-2-5(9-4)10-6(7)11/h2-3H,1H3,(H3,7,8,9,10,11). The summed E-state index contributed by atoms with van der Waals surface area (Å²) < 4.78 is 0. The summed E-state index contributed by atoms with van der Waals surface area (Å²) in [6.07, 6.45) is 1.55. The highest BCUT2D eigenvalue weighted by molar-refractivity contribution is 5.86. The quantitative estimate of drug-likeness (QED) is 0.606. The van der Waals surface area contributed by atoms with Crippen LogP contribution in [0.1, 0.15) is 5.82 Å². The number of hydrogen-bond donors (Lipinski definition) is 2. The predicted octanol–water partition coefficient (Wildman–Crippen LogP) is 0.276. The van der Waals surface area contributed by atoms with E-state index in [0.29, 0.717) is 11.6 Å². The molecule has 5 nitrogen and oxygen atoms in total. The molecule has 1 aromatic rings. The van der Waals surface area contributed by atoms with Gasteiger partial charge in [0.1, 0.15) is 11.6 Å². The Labute approximate surface area is 63.7 Å². The normalized spacial score (nSPS) is 9.18. The van der Waals surface area contributed by atoms with Gasteiger partial charge in [-0.2, -0.15) is 0 Å². The fourth-order valence-electron chi connectivity index (χ4n) is 0.652. The fraction of sp³-hybridized carbons (Fsp3) is 0.167. The molecule has 1 heterocycles. The van der Waals surface area contributed by atoms with E-state index < -0.39 is 6.03 Å². The summed E-state index contributed by atoms with van der Waals surface area (Å²) in [5.74, 6) is 1.02. The molecule has 0 aromatic carbocycles. The summed E-state index contributed by atoms with van der Waals surface area (Å²) in [4.78, 5) is 18.1. The highest BCUT2D eigenvalue weighted by Gasteiger charge is 1.96. The molecule has 0 saturated carbocycles. The zero-order chi connectivity index (χ0) is 8.27. The minimum atomic E-state index is -0.622. The summed E-state index contributed by atoms with van der Waals surface area (Å²) >= 11 is 0. The SMILES string of the molecule is Cc1nccc(NC(N)=O)n1. The number of aromatic nitrogens is 2. The third kappa shape index (κ3) is 2.21. The van der Waals surface area contributed by atoms with E-state index in [1.165, 1.54) is 0 Å². The van der Waals surface area contributed by atoms with Gasteiger partial charge in [0.2, 0.25) is 0 Å². The summed E-state index contributed by atoms with van der Waals surface area (Å²) in [7, 11) is 0. The van der Waals surface area contributed by atoms with Crippen molar-refractivity contribution in [3.63, 3.8) is 0 Å². The molecule has 0 aliphatic heterocycles. The van der Waals surface area contributed by atoms with Crippen molar-refractivity contribution in [2.45, 2.75) is 6.92 Å². The lowest BCUT2D eigenvalue weighted by Gasteiger charge is -1.98. The number of anilines is 1. The van der Waals surface area contributed by atoms with Crippen molar-refractivity contribution in [1.29, 1.82) is 0 Å². The Hall–Kier alpha value is -1.65. The van der Waals surface area contributed by atoms with Crippen LogP contribution in [0.3, 0.4) is 0 Å². The van der Waals surface area contributed by atoms with Gasteiger partial charge in [-0.05, 0) is 13.0 Å². The zero-order valence-corrected chi connectivity index (χ0v) is 6.03. The van der Waals surface area contributed by atoms with Crippen LogP contribution in [0.5, 0.6) is 0 Å². The second-order valence-corrected chi connectivity index (χ2v) is 1.98. The summed E-state index contributed by atoms with van der Waals surface area (Å²) in [6, 6.07) is 0.945. The Morgan fingerprint density at radius 2 is 2.45 bits per heavy atom. The highest BCUT2D eigenvalue weighted by Crippen LogP contribution is 1.99.